The van der Waals surface area contributed by atoms with E-state index in [-0.39, 0.29) is 28.6 Å². The number of carbonyl (C=O) groups is 1. The number of sulfone groups is 1. The standard InChI is InChI=1S/C14H22N4O3S2/c1-4-7-18-12(11-6-8-23(20,21)9-11)16-17-14(18)22-10(3)13(19)15-5-2/h4,10-11H,1,5-9H2,2-3H3,(H,15,19)/t10-,11-/m1/s1. The summed E-state index contributed by atoms with van der Waals surface area (Å²) in [4.78, 5) is 11.9. The van der Waals surface area contributed by atoms with Crippen LogP contribution in [-0.2, 0) is 21.2 Å². The molecule has 1 aliphatic heterocycles. The Balaban J connectivity index is 2.21. The molecule has 0 radical (unpaired) electrons. The lowest BCUT2D eigenvalue weighted by atomic mass is 10.1. The average molecular weight is 358 g/mol. The van der Waals surface area contributed by atoms with E-state index >= 15 is 0 Å². The number of amides is 1. The van der Waals surface area contributed by atoms with Gasteiger partial charge in [0.15, 0.2) is 15.0 Å². The third-order valence-electron chi connectivity index (χ3n) is 3.66. The summed E-state index contributed by atoms with van der Waals surface area (Å²) in [6.45, 7) is 8.48. The van der Waals surface area contributed by atoms with Crippen LogP contribution < -0.4 is 5.32 Å². The third kappa shape index (κ3) is 4.35. The summed E-state index contributed by atoms with van der Waals surface area (Å²) in [5.41, 5.74) is 0. The van der Waals surface area contributed by atoms with Crippen LogP contribution in [0.5, 0.6) is 0 Å². The normalized spacial score (nSPS) is 21.0. The van der Waals surface area contributed by atoms with E-state index in [0.29, 0.717) is 30.5 Å². The van der Waals surface area contributed by atoms with Gasteiger partial charge in [0.05, 0.1) is 16.8 Å². The Bertz CT molecular complexity index is 684. The van der Waals surface area contributed by atoms with Gasteiger partial charge in [0.1, 0.15) is 5.82 Å². The average Bonchev–Trinajstić information content (AvgIpc) is 3.03. The molecule has 0 unspecified atom stereocenters. The van der Waals surface area contributed by atoms with Gasteiger partial charge in [0.2, 0.25) is 5.91 Å². The fraction of sp³-hybridized carbons (Fsp3) is 0.643. The van der Waals surface area contributed by atoms with Gasteiger partial charge in [-0.05, 0) is 20.3 Å². The molecule has 2 heterocycles. The zero-order valence-electron chi connectivity index (χ0n) is 13.4. The quantitative estimate of drug-likeness (QED) is 0.577. The molecule has 1 N–H and O–H groups in total. The van der Waals surface area contributed by atoms with Crippen molar-refractivity contribution in [3.63, 3.8) is 0 Å². The van der Waals surface area contributed by atoms with Crippen molar-refractivity contribution >= 4 is 27.5 Å². The van der Waals surface area contributed by atoms with Crippen LogP contribution in [0.2, 0.25) is 0 Å². The lowest BCUT2D eigenvalue weighted by molar-refractivity contribution is -0.120. The van der Waals surface area contributed by atoms with Gasteiger partial charge in [-0.1, -0.05) is 17.8 Å². The molecule has 0 aliphatic carbocycles. The van der Waals surface area contributed by atoms with Crippen LogP contribution in [0.4, 0.5) is 0 Å². The van der Waals surface area contributed by atoms with Crippen LogP contribution in [0.25, 0.3) is 0 Å². The maximum atomic E-state index is 11.9. The van der Waals surface area contributed by atoms with Gasteiger partial charge < -0.3 is 9.88 Å². The minimum Gasteiger partial charge on any atom is -0.355 e. The van der Waals surface area contributed by atoms with Gasteiger partial charge in [-0.25, -0.2) is 8.42 Å². The first-order chi connectivity index (χ1) is 10.9. The molecule has 0 spiro atoms. The van der Waals surface area contributed by atoms with Crippen molar-refractivity contribution in [2.75, 3.05) is 18.1 Å². The van der Waals surface area contributed by atoms with E-state index in [1.165, 1.54) is 11.8 Å². The number of hydrogen-bond donors (Lipinski definition) is 1. The Hall–Kier alpha value is -1.35. The minimum absolute atomic E-state index is 0.0596. The van der Waals surface area contributed by atoms with E-state index in [1.54, 1.807) is 6.08 Å². The smallest absolute Gasteiger partial charge is 0.233 e. The number of nitrogens with one attached hydrogen (secondary N) is 1. The molecular formula is C14H22N4O3S2. The largest absolute Gasteiger partial charge is 0.355 e. The number of allylic oxidation sites excluding steroid dienone is 1. The highest BCUT2D eigenvalue weighted by Gasteiger charge is 2.33. The Labute approximate surface area is 140 Å². The van der Waals surface area contributed by atoms with Gasteiger partial charge in [-0.3, -0.25) is 4.79 Å². The second-order valence-electron chi connectivity index (χ2n) is 5.49. The molecular weight excluding hydrogens is 336 g/mol. The van der Waals surface area contributed by atoms with Crippen molar-refractivity contribution in [2.24, 2.45) is 0 Å². The van der Waals surface area contributed by atoms with Crippen LogP contribution >= 0.6 is 11.8 Å². The van der Waals surface area contributed by atoms with Gasteiger partial charge in [0.25, 0.3) is 0 Å². The van der Waals surface area contributed by atoms with E-state index in [0.717, 1.165) is 0 Å². The topological polar surface area (TPSA) is 93.9 Å². The monoisotopic (exact) mass is 358 g/mol. The summed E-state index contributed by atoms with van der Waals surface area (Å²) in [7, 11) is -2.99. The van der Waals surface area contributed by atoms with Crippen LogP contribution in [0.15, 0.2) is 17.8 Å². The Morgan fingerprint density at radius 3 is 2.87 bits per heavy atom. The molecule has 0 aromatic carbocycles. The van der Waals surface area contributed by atoms with Crippen molar-refractivity contribution in [2.45, 2.75) is 43.1 Å². The molecule has 2 rings (SSSR count). The summed E-state index contributed by atoms with van der Waals surface area (Å²) >= 11 is 1.32. The van der Waals surface area contributed by atoms with E-state index in [9.17, 15) is 13.2 Å². The third-order valence-corrected chi connectivity index (χ3v) is 6.51. The van der Waals surface area contributed by atoms with E-state index < -0.39 is 9.84 Å². The van der Waals surface area contributed by atoms with Crippen molar-refractivity contribution in [1.82, 2.24) is 20.1 Å². The summed E-state index contributed by atoms with van der Waals surface area (Å²) < 4.78 is 25.2. The molecule has 0 saturated carbocycles. The fourth-order valence-corrected chi connectivity index (χ4v) is 5.15. The van der Waals surface area contributed by atoms with E-state index in [2.05, 4.69) is 22.1 Å². The molecule has 7 nitrogen and oxygen atoms in total. The molecule has 1 aromatic rings. The number of hydrogen-bond acceptors (Lipinski definition) is 6. The fourth-order valence-electron chi connectivity index (χ4n) is 2.52. The first-order valence-electron chi connectivity index (χ1n) is 7.56. The molecule has 1 amide bonds. The van der Waals surface area contributed by atoms with Crippen LogP contribution in [0, 0.1) is 0 Å². The first kappa shape index (κ1) is 18.0. The lowest BCUT2D eigenvalue weighted by Gasteiger charge is -2.13. The van der Waals surface area contributed by atoms with Gasteiger partial charge >= 0.3 is 0 Å². The van der Waals surface area contributed by atoms with Crippen LogP contribution in [-0.4, -0.2) is 52.4 Å². The highest BCUT2D eigenvalue weighted by Crippen LogP contribution is 2.31. The maximum Gasteiger partial charge on any atom is 0.233 e. The molecule has 2 atom stereocenters. The molecule has 1 aliphatic rings. The van der Waals surface area contributed by atoms with Crippen molar-refractivity contribution < 1.29 is 13.2 Å². The summed E-state index contributed by atoms with van der Waals surface area (Å²) in [5.74, 6) is 0.767. The van der Waals surface area contributed by atoms with E-state index in [1.807, 2.05) is 18.4 Å². The zero-order chi connectivity index (χ0) is 17.0. The van der Waals surface area contributed by atoms with Crippen molar-refractivity contribution in [3.05, 3.63) is 18.5 Å². The highest BCUT2D eigenvalue weighted by atomic mass is 32.2. The first-order valence-corrected chi connectivity index (χ1v) is 10.3. The molecule has 1 fully saturated rings. The molecule has 9 heteroatoms. The van der Waals surface area contributed by atoms with Crippen molar-refractivity contribution in [3.8, 4) is 0 Å². The number of aromatic nitrogens is 3. The Morgan fingerprint density at radius 2 is 2.30 bits per heavy atom. The Kier molecular flexibility index (Phi) is 5.85. The lowest BCUT2D eigenvalue weighted by Crippen LogP contribution is -2.30. The SMILES string of the molecule is C=CCn1c(S[C@H](C)C(=O)NCC)nnc1[C@@H]1CCS(=O)(=O)C1. The highest BCUT2D eigenvalue weighted by molar-refractivity contribution is 8.00. The predicted molar refractivity (Wildman–Crippen MR) is 90.2 cm³/mol. The molecule has 1 saturated heterocycles. The van der Waals surface area contributed by atoms with Gasteiger partial charge in [-0.2, -0.15) is 0 Å². The van der Waals surface area contributed by atoms with Crippen molar-refractivity contribution in [1.29, 1.82) is 0 Å². The molecule has 23 heavy (non-hydrogen) atoms. The summed E-state index contributed by atoms with van der Waals surface area (Å²) in [6.07, 6.45) is 2.28. The molecule has 128 valence electrons. The maximum absolute atomic E-state index is 11.9. The van der Waals surface area contributed by atoms with E-state index in [4.69, 9.17) is 0 Å². The Morgan fingerprint density at radius 1 is 1.57 bits per heavy atom. The zero-order valence-corrected chi connectivity index (χ0v) is 15.0. The minimum atomic E-state index is -2.99. The number of thioether (sulfide) groups is 1. The van der Waals surface area contributed by atoms with Gasteiger partial charge in [0, 0.05) is 19.0 Å². The summed E-state index contributed by atoms with van der Waals surface area (Å²) in [6, 6.07) is 0. The number of nitrogens with zero attached hydrogens (tertiary/aromatic N) is 3. The second-order valence-corrected chi connectivity index (χ2v) is 9.03. The van der Waals surface area contributed by atoms with Crippen LogP contribution in [0.1, 0.15) is 32.0 Å². The van der Waals surface area contributed by atoms with Crippen LogP contribution in [0.3, 0.4) is 0 Å². The molecule has 0 bridgehead atoms. The summed E-state index contributed by atoms with van der Waals surface area (Å²) in [5, 5.41) is 11.4. The number of rotatable bonds is 7. The number of carbonyl (C=O) groups excluding carboxylic acids is 1. The van der Waals surface area contributed by atoms with Gasteiger partial charge in [-0.15, -0.1) is 16.8 Å². The molecule has 1 aromatic heterocycles. The second kappa shape index (κ2) is 7.48. The predicted octanol–water partition coefficient (Wildman–Crippen LogP) is 0.983.